The highest BCUT2D eigenvalue weighted by molar-refractivity contribution is 6.13. The summed E-state index contributed by atoms with van der Waals surface area (Å²) in [5.41, 5.74) is 0.486. The molecule has 3 heteroatoms. The molecule has 1 saturated heterocycles. The highest BCUT2D eigenvalue weighted by Crippen LogP contribution is 2.20. The average Bonchev–Trinajstić information content (AvgIpc) is 2.22. The van der Waals surface area contributed by atoms with Gasteiger partial charge < -0.3 is 4.74 Å². The van der Waals surface area contributed by atoms with Gasteiger partial charge in [0.2, 0.25) is 0 Å². The van der Waals surface area contributed by atoms with E-state index in [1.54, 1.807) is 0 Å². The number of hydrogen-bond acceptors (Lipinski definition) is 2. The minimum absolute atomic E-state index is 0.316. The van der Waals surface area contributed by atoms with Gasteiger partial charge in [0, 0.05) is 10.2 Å². The second-order valence-corrected chi connectivity index (χ2v) is 2.88. The first-order valence-electron chi connectivity index (χ1n) is 2.37. The molecule has 0 amide bonds. The Hall–Kier alpha value is -0.333. The third-order valence-corrected chi connectivity index (χ3v) is 2.14. The number of hydrogen-bond donors (Lipinski definition) is 0. The van der Waals surface area contributed by atoms with Gasteiger partial charge >= 0.3 is 0 Å². The number of epoxide rings is 1. The molecule has 7 heavy (non-hydrogen) atoms. The first kappa shape index (κ1) is 4.82. The van der Waals surface area contributed by atoms with Crippen LogP contribution in [0.4, 0.5) is 0 Å². The smallest absolute Gasteiger partial charge is 0.0926 e. The minimum atomic E-state index is 0.316. The lowest BCUT2D eigenvalue weighted by molar-refractivity contribution is 0.401. The normalized spacial score (nSPS) is 37.6. The molecule has 38 valence electrons. The molecule has 1 heterocycles. The Balaban J connectivity index is 2.12. The van der Waals surface area contributed by atoms with Gasteiger partial charge in [-0.15, -0.1) is 0 Å². The second-order valence-electron chi connectivity index (χ2n) is 1.74. The van der Waals surface area contributed by atoms with Crippen molar-refractivity contribution in [3.8, 4) is 6.07 Å². The van der Waals surface area contributed by atoms with E-state index in [4.69, 9.17) is 10.00 Å². The summed E-state index contributed by atoms with van der Waals surface area (Å²) in [5.74, 6) is 0. The molecule has 1 fully saturated rings. The topological polar surface area (TPSA) is 36.3 Å². The van der Waals surface area contributed by atoms with Gasteiger partial charge in [-0.2, -0.15) is 5.26 Å². The molecule has 1 aliphatic rings. The van der Waals surface area contributed by atoms with Crippen LogP contribution in [0.2, 0.25) is 0 Å². The highest BCUT2D eigenvalue weighted by atomic mass is 28.1. The van der Waals surface area contributed by atoms with Crippen molar-refractivity contribution in [1.82, 2.24) is 0 Å². The Labute approximate surface area is 45.5 Å². The van der Waals surface area contributed by atoms with Crippen molar-refractivity contribution < 1.29 is 4.74 Å². The maximum Gasteiger partial charge on any atom is 0.0926 e. The van der Waals surface area contributed by atoms with E-state index in [0.717, 1.165) is 10.2 Å². The van der Waals surface area contributed by atoms with Crippen LogP contribution in [0.15, 0.2) is 0 Å². The molecule has 0 aliphatic carbocycles. The van der Waals surface area contributed by atoms with E-state index in [1.165, 1.54) is 0 Å². The van der Waals surface area contributed by atoms with Gasteiger partial charge in [-0.25, -0.2) is 0 Å². The van der Waals surface area contributed by atoms with Crippen LogP contribution in [0.3, 0.4) is 0 Å². The van der Waals surface area contributed by atoms with Crippen molar-refractivity contribution in [3.63, 3.8) is 0 Å². The van der Waals surface area contributed by atoms with Crippen LogP contribution in [0.1, 0.15) is 6.42 Å². The van der Waals surface area contributed by atoms with Crippen molar-refractivity contribution in [2.45, 2.75) is 18.3 Å². The van der Waals surface area contributed by atoms with E-state index >= 15 is 0 Å². The van der Waals surface area contributed by atoms with Crippen LogP contribution < -0.4 is 0 Å². The molecule has 2 nitrogen and oxygen atoms in total. The van der Waals surface area contributed by atoms with Gasteiger partial charge in [0.05, 0.1) is 24.3 Å². The summed E-state index contributed by atoms with van der Waals surface area (Å²) < 4.78 is 5.00. The molecule has 0 saturated carbocycles. The monoisotopic (exact) mass is 113 g/mol. The molecule has 0 N–H and O–H groups in total. The van der Waals surface area contributed by atoms with Crippen molar-refractivity contribution in [2.75, 3.05) is 0 Å². The molecule has 0 radical (unpaired) electrons. The van der Waals surface area contributed by atoms with E-state index in [0.29, 0.717) is 18.3 Å². The predicted molar refractivity (Wildman–Crippen MR) is 28.8 cm³/mol. The lowest BCUT2D eigenvalue weighted by Gasteiger charge is -1.70. The Morgan fingerprint density at radius 1 is 1.86 bits per heavy atom. The fourth-order valence-electron chi connectivity index (χ4n) is 0.534. The predicted octanol–water partition coefficient (Wildman–Crippen LogP) is -1.01. The summed E-state index contributed by atoms with van der Waals surface area (Å²) in [6, 6.07) is 2.06. The largest absolute Gasteiger partial charge is 0.373 e. The lowest BCUT2D eigenvalue weighted by Crippen LogP contribution is -1.88. The fraction of sp³-hybridized carbons (Fsp3) is 0.750. The van der Waals surface area contributed by atoms with Crippen molar-refractivity contribution in [2.24, 2.45) is 0 Å². The van der Waals surface area contributed by atoms with Crippen molar-refractivity contribution in [1.29, 1.82) is 5.26 Å². The first-order valence-corrected chi connectivity index (χ1v) is 3.52. The van der Waals surface area contributed by atoms with Gasteiger partial charge in [-0.05, 0) is 0 Å². The van der Waals surface area contributed by atoms with Gasteiger partial charge in [0.15, 0.2) is 0 Å². The van der Waals surface area contributed by atoms with Gasteiger partial charge in [-0.3, -0.25) is 0 Å². The molecule has 2 unspecified atom stereocenters. The Bertz CT molecular complexity index is 109. The second kappa shape index (κ2) is 1.64. The van der Waals surface area contributed by atoms with Gasteiger partial charge in [0.1, 0.15) is 0 Å². The number of nitrogens with zero attached hydrogens (tertiary/aromatic N) is 1. The van der Waals surface area contributed by atoms with E-state index < -0.39 is 0 Å². The Morgan fingerprint density at radius 2 is 2.43 bits per heavy atom. The van der Waals surface area contributed by atoms with Gasteiger partial charge in [-0.1, -0.05) is 0 Å². The third kappa shape index (κ3) is 1.01. The summed E-state index contributed by atoms with van der Waals surface area (Å²) in [4.78, 5) is 0. The third-order valence-electron chi connectivity index (χ3n) is 1.13. The summed E-state index contributed by atoms with van der Waals surface area (Å²) in [6.07, 6.45) is 0.908. The van der Waals surface area contributed by atoms with E-state index in [2.05, 4.69) is 6.07 Å². The molecule has 0 aromatic rings. The zero-order valence-electron chi connectivity index (χ0n) is 4.22. The zero-order chi connectivity index (χ0) is 5.28. The number of nitriles is 1. The molecule has 0 spiro atoms. The molecular formula is C4H7NOSi. The SMILES string of the molecule is N#CCC1OC1[SiH3]. The van der Waals surface area contributed by atoms with Gasteiger partial charge in [0.25, 0.3) is 0 Å². The van der Waals surface area contributed by atoms with Crippen LogP contribution >= 0.6 is 0 Å². The van der Waals surface area contributed by atoms with Crippen LogP contribution in [0.25, 0.3) is 0 Å². The van der Waals surface area contributed by atoms with Crippen LogP contribution in [0.5, 0.6) is 0 Å². The Kier molecular flexibility index (Phi) is 1.13. The fourth-order valence-corrected chi connectivity index (χ4v) is 1.12. The zero-order valence-corrected chi connectivity index (χ0v) is 6.22. The highest BCUT2D eigenvalue weighted by Gasteiger charge is 2.32. The molecule has 0 aromatic carbocycles. The number of ether oxygens (including phenoxy) is 1. The average molecular weight is 113 g/mol. The molecule has 1 rings (SSSR count). The summed E-state index contributed by atoms with van der Waals surface area (Å²) in [6.45, 7) is 0. The van der Waals surface area contributed by atoms with Crippen LogP contribution in [-0.4, -0.2) is 22.1 Å². The van der Waals surface area contributed by atoms with Crippen LogP contribution in [-0.2, 0) is 4.74 Å². The summed E-state index contributed by atoms with van der Waals surface area (Å²) in [7, 11) is 1.08. The van der Waals surface area contributed by atoms with E-state index in [9.17, 15) is 0 Å². The van der Waals surface area contributed by atoms with Crippen molar-refractivity contribution in [3.05, 3.63) is 0 Å². The number of rotatable bonds is 1. The van der Waals surface area contributed by atoms with E-state index in [1.807, 2.05) is 0 Å². The summed E-state index contributed by atoms with van der Waals surface area (Å²) in [5, 5.41) is 8.08. The maximum atomic E-state index is 8.08. The summed E-state index contributed by atoms with van der Waals surface area (Å²) >= 11 is 0. The first-order chi connectivity index (χ1) is 3.34. The van der Waals surface area contributed by atoms with Crippen LogP contribution in [0, 0.1) is 11.3 Å². The van der Waals surface area contributed by atoms with E-state index in [-0.39, 0.29) is 0 Å². The molecule has 2 atom stereocenters. The molecule has 0 bridgehead atoms. The molecule has 0 aromatic heterocycles. The van der Waals surface area contributed by atoms with Crippen molar-refractivity contribution >= 4 is 10.2 Å². The standard InChI is InChI=1S/C4H7NOSi/c5-2-1-3-4(7)6-3/h3-4H,1H2,7H3. The lowest BCUT2D eigenvalue weighted by atomic mass is 10.4. The molecular weight excluding hydrogens is 106 g/mol. The minimum Gasteiger partial charge on any atom is -0.373 e. The molecule has 1 aliphatic heterocycles. The quantitative estimate of drug-likeness (QED) is 0.323. The Morgan fingerprint density at radius 3 is 2.57 bits per heavy atom. The maximum absolute atomic E-state index is 8.08.